The average molecular weight is 302 g/mol. The molecule has 0 saturated heterocycles. The van der Waals surface area contributed by atoms with Gasteiger partial charge in [-0.3, -0.25) is 9.59 Å². The van der Waals surface area contributed by atoms with E-state index in [2.05, 4.69) is 20.6 Å². The van der Waals surface area contributed by atoms with Crippen LogP contribution in [0.25, 0.3) is 0 Å². The highest BCUT2D eigenvalue weighted by Gasteiger charge is 2.29. The lowest BCUT2D eigenvalue weighted by Gasteiger charge is -2.06. The SMILES string of the molecule is Cc1ncc(NC(=O)c2ccnc(NC(=O)C3CC3)c2)s1. The third-order valence-electron chi connectivity index (χ3n) is 3.08. The minimum atomic E-state index is -0.247. The van der Waals surface area contributed by atoms with Gasteiger partial charge < -0.3 is 10.6 Å². The van der Waals surface area contributed by atoms with E-state index >= 15 is 0 Å². The highest BCUT2D eigenvalue weighted by atomic mass is 32.1. The second-order valence-electron chi connectivity index (χ2n) is 4.89. The molecule has 0 radical (unpaired) electrons. The van der Waals surface area contributed by atoms with Crippen LogP contribution in [0.5, 0.6) is 0 Å². The molecule has 3 rings (SSSR count). The van der Waals surface area contributed by atoms with E-state index in [1.165, 1.54) is 17.5 Å². The summed E-state index contributed by atoms with van der Waals surface area (Å²) >= 11 is 1.41. The fraction of sp³-hybridized carbons (Fsp3) is 0.286. The fourth-order valence-electron chi connectivity index (χ4n) is 1.82. The van der Waals surface area contributed by atoms with Crippen LogP contribution >= 0.6 is 11.3 Å². The summed E-state index contributed by atoms with van der Waals surface area (Å²) in [6.07, 6.45) is 4.98. The Morgan fingerprint density at radius 3 is 2.76 bits per heavy atom. The van der Waals surface area contributed by atoms with Gasteiger partial charge in [-0.1, -0.05) is 0 Å². The predicted octanol–water partition coefficient (Wildman–Crippen LogP) is 2.45. The molecule has 1 aliphatic rings. The van der Waals surface area contributed by atoms with Crippen molar-refractivity contribution >= 4 is 34.0 Å². The first-order chi connectivity index (χ1) is 10.1. The molecule has 0 unspecified atom stereocenters. The van der Waals surface area contributed by atoms with Crippen molar-refractivity contribution in [2.75, 3.05) is 10.6 Å². The van der Waals surface area contributed by atoms with Gasteiger partial charge in [0, 0.05) is 17.7 Å². The number of aromatic nitrogens is 2. The molecule has 0 atom stereocenters. The van der Waals surface area contributed by atoms with Crippen molar-refractivity contribution in [2.45, 2.75) is 19.8 Å². The monoisotopic (exact) mass is 302 g/mol. The molecule has 1 saturated carbocycles. The molecule has 0 aromatic carbocycles. The molecule has 1 aliphatic carbocycles. The number of hydrogen-bond acceptors (Lipinski definition) is 5. The van der Waals surface area contributed by atoms with Crippen LogP contribution in [0.2, 0.25) is 0 Å². The summed E-state index contributed by atoms with van der Waals surface area (Å²) in [5.74, 6) is 0.227. The van der Waals surface area contributed by atoms with Gasteiger partial charge in [0.1, 0.15) is 10.8 Å². The molecule has 2 aromatic heterocycles. The van der Waals surface area contributed by atoms with Crippen molar-refractivity contribution in [1.82, 2.24) is 9.97 Å². The minimum Gasteiger partial charge on any atom is -0.312 e. The smallest absolute Gasteiger partial charge is 0.256 e. The van der Waals surface area contributed by atoms with E-state index in [0.29, 0.717) is 16.4 Å². The zero-order valence-corrected chi connectivity index (χ0v) is 12.2. The average Bonchev–Trinajstić information content (AvgIpc) is 3.23. The molecule has 0 aliphatic heterocycles. The molecule has 6 nitrogen and oxygen atoms in total. The Balaban J connectivity index is 1.69. The van der Waals surface area contributed by atoms with Crippen molar-refractivity contribution in [1.29, 1.82) is 0 Å². The van der Waals surface area contributed by atoms with E-state index in [-0.39, 0.29) is 17.7 Å². The number of nitrogens with one attached hydrogen (secondary N) is 2. The van der Waals surface area contributed by atoms with Crippen LogP contribution in [0.1, 0.15) is 28.2 Å². The van der Waals surface area contributed by atoms with Crippen LogP contribution in [-0.4, -0.2) is 21.8 Å². The first-order valence-electron chi connectivity index (χ1n) is 6.62. The van der Waals surface area contributed by atoms with Crippen LogP contribution in [0, 0.1) is 12.8 Å². The van der Waals surface area contributed by atoms with Crippen LogP contribution in [0.3, 0.4) is 0 Å². The van der Waals surface area contributed by atoms with E-state index in [1.807, 2.05) is 6.92 Å². The Morgan fingerprint density at radius 2 is 2.10 bits per heavy atom. The van der Waals surface area contributed by atoms with Crippen molar-refractivity contribution in [3.8, 4) is 0 Å². The Labute approximate surface area is 125 Å². The molecule has 2 N–H and O–H groups in total. The molecule has 2 amide bonds. The normalized spacial score (nSPS) is 13.8. The summed E-state index contributed by atoms with van der Waals surface area (Å²) in [5.41, 5.74) is 0.446. The molecule has 21 heavy (non-hydrogen) atoms. The zero-order valence-electron chi connectivity index (χ0n) is 11.4. The first kappa shape index (κ1) is 13.7. The lowest BCUT2D eigenvalue weighted by molar-refractivity contribution is -0.117. The van der Waals surface area contributed by atoms with Gasteiger partial charge in [-0.05, 0) is 31.9 Å². The highest BCUT2D eigenvalue weighted by Crippen LogP contribution is 2.30. The Hall–Kier alpha value is -2.28. The third kappa shape index (κ3) is 3.43. The number of nitrogens with zero attached hydrogens (tertiary/aromatic N) is 2. The molecule has 0 spiro atoms. The van der Waals surface area contributed by atoms with E-state index in [9.17, 15) is 9.59 Å². The van der Waals surface area contributed by atoms with Gasteiger partial charge in [0.15, 0.2) is 0 Å². The van der Waals surface area contributed by atoms with Crippen LogP contribution in [0.15, 0.2) is 24.5 Å². The summed E-state index contributed by atoms with van der Waals surface area (Å²) in [6, 6.07) is 3.18. The number of thiazole rings is 1. The van der Waals surface area contributed by atoms with Gasteiger partial charge in [-0.15, -0.1) is 11.3 Å². The summed E-state index contributed by atoms with van der Waals surface area (Å²) < 4.78 is 0. The molecular weight excluding hydrogens is 288 g/mol. The second-order valence-corrected chi connectivity index (χ2v) is 6.13. The van der Waals surface area contributed by atoms with E-state index < -0.39 is 0 Å². The first-order valence-corrected chi connectivity index (χ1v) is 7.44. The van der Waals surface area contributed by atoms with Crippen LogP contribution in [-0.2, 0) is 4.79 Å². The molecule has 2 heterocycles. The number of aryl methyl sites for hydroxylation is 1. The van der Waals surface area contributed by atoms with Gasteiger partial charge in [0.2, 0.25) is 5.91 Å². The fourth-order valence-corrected chi connectivity index (χ4v) is 2.49. The van der Waals surface area contributed by atoms with Gasteiger partial charge in [-0.2, -0.15) is 0 Å². The number of rotatable bonds is 4. The second kappa shape index (κ2) is 5.61. The topological polar surface area (TPSA) is 84.0 Å². The van der Waals surface area contributed by atoms with Gasteiger partial charge >= 0.3 is 0 Å². The maximum absolute atomic E-state index is 12.1. The minimum absolute atomic E-state index is 0.0295. The standard InChI is InChI=1S/C14H14N4O2S/c1-8-16-7-12(21-8)18-14(20)10-4-5-15-11(6-10)17-13(19)9-2-3-9/h4-7,9H,2-3H2,1H3,(H,18,20)(H,15,17,19). The van der Waals surface area contributed by atoms with Crippen molar-refractivity contribution in [2.24, 2.45) is 5.92 Å². The number of amides is 2. The van der Waals surface area contributed by atoms with Gasteiger partial charge in [-0.25, -0.2) is 9.97 Å². The summed E-state index contributed by atoms with van der Waals surface area (Å²) in [4.78, 5) is 32.0. The van der Waals surface area contributed by atoms with E-state index in [0.717, 1.165) is 17.8 Å². The molecule has 7 heteroatoms. The maximum Gasteiger partial charge on any atom is 0.256 e. The Bertz CT molecular complexity index is 694. The number of carbonyl (C=O) groups is 2. The summed E-state index contributed by atoms with van der Waals surface area (Å²) in [7, 11) is 0. The quantitative estimate of drug-likeness (QED) is 0.908. The molecule has 2 aromatic rings. The molecule has 1 fully saturated rings. The number of carbonyl (C=O) groups excluding carboxylic acids is 2. The van der Waals surface area contributed by atoms with Crippen LogP contribution in [0.4, 0.5) is 10.8 Å². The Morgan fingerprint density at radius 1 is 1.29 bits per heavy atom. The zero-order chi connectivity index (χ0) is 14.8. The van der Waals surface area contributed by atoms with E-state index in [1.54, 1.807) is 18.3 Å². The highest BCUT2D eigenvalue weighted by molar-refractivity contribution is 7.15. The molecule has 0 bridgehead atoms. The summed E-state index contributed by atoms with van der Waals surface area (Å²) in [5, 5.41) is 7.08. The lowest BCUT2D eigenvalue weighted by atomic mass is 10.2. The lowest BCUT2D eigenvalue weighted by Crippen LogP contribution is -2.16. The number of anilines is 2. The molecule has 108 valence electrons. The van der Waals surface area contributed by atoms with E-state index in [4.69, 9.17) is 0 Å². The largest absolute Gasteiger partial charge is 0.312 e. The van der Waals surface area contributed by atoms with Crippen LogP contribution < -0.4 is 10.6 Å². The number of pyridine rings is 1. The molecular formula is C14H14N4O2S. The number of hydrogen-bond donors (Lipinski definition) is 2. The third-order valence-corrected chi connectivity index (χ3v) is 3.91. The van der Waals surface area contributed by atoms with Crippen molar-refractivity contribution in [3.63, 3.8) is 0 Å². The summed E-state index contributed by atoms with van der Waals surface area (Å²) in [6.45, 7) is 1.87. The van der Waals surface area contributed by atoms with Crippen molar-refractivity contribution in [3.05, 3.63) is 35.1 Å². The van der Waals surface area contributed by atoms with Gasteiger partial charge in [0.05, 0.1) is 11.2 Å². The van der Waals surface area contributed by atoms with Gasteiger partial charge in [0.25, 0.3) is 5.91 Å². The van der Waals surface area contributed by atoms with Crippen molar-refractivity contribution < 1.29 is 9.59 Å². The predicted molar refractivity (Wildman–Crippen MR) is 80.4 cm³/mol. The Kier molecular flexibility index (Phi) is 3.66. The maximum atomic E-state index is 12.1.